The second-order valence-corrected chi connectivity index (χ2v) is 10.4. The zero-order valence-electron chi connectivity index (χ0n) is 21.6. The van der Waals surface area contributed by atoms with Gasteiger partial charge in [-0.05, 0) is 50.2 Å². The fourth-order valence-corrected chi connectivity index (χ4v) is 5.88. The third-order valence-electron chi connectivity index (χ3n) is 6.56. The maximum atomic E-state index is 12.8. The Morgan fingerprint density at radius 3 is 2.42 bits per heavy atom. The van der Waals surface area contributed by atoms with Crippen LogP contribution in [-0.2, 0) is 31.9 Å². The minimum absolute atomic E-state index is 0.130. The zero-order valence-corrected chi connectivity index (χ0v) is 22.4. The number of benzene rings is 2. The summed E-state index contributed by atoms with van der Waals surface area (Å²) in [4.78, 5) is 50.9. The van der Waals surface area contributed by atoms with Crippen LogP contribution in [0.5, 0.6) is 0 Å². The average molecular weight is 534 g/mol. The fraction of sp³-hybridized carbons (Fsp3) is 0.333. The number of ketones is 1. The minimum Gasteiger partial charge on any atom is -0.462 e. The largest absolute Gasteiger partial charge is 0.462 e. The van der Waals surface area contributed by atoms with Crippen LogP contribution in [0.2, 0.25) is 0 Å². The lowest BCUT2D eigenvalue weighted by atomic mass is 9.83. The average Bonchev–Trinajstić information content (AvgIpc) is 3.28. The Morgan fingerprint density at radius 2 is 1.71 bits per heavy atom. The summed E-state index contributed by atoms with van der Waals surface area (Å²) < 4.78 is 10.4. The normalized spacial score (nSPS) is 14.3. The lowest BCUT2D eigenvalue weighted by Gasteiger charge is -2.23. The Hall–Kier alpha value is -3.78. The number of Topliss-reactive ketones (excluding diaryl/α,β-unsaturated/α-hetero) is 1. The van der Waals surface area contributed by atoms with Crippen LogP contribution in [0, 0.1) is 6.92 Å². The molecule has 0 saturated carbocycles. The molecule has 38 heavy (non-hydrogen) atoms. The predicted molar refractivity (Wildman–Crippen MR) is 146 cm³/mol. The van der Waals surface area contributed by atoms with E-state index >= 15 is 0 Å². The summed E-state index contributed by atoms with van der Waals surface area (Å²) in [6.07, 6.45) is 2.10. The summed E-state index contributed by atoms with van der Waals surface area (Å²) in [6.45, 7) is 3.52. The van der Waals surface area contributed by atoms with Crippen molar-refractivity contribution in [2.45, 2.75) is 51.9 Å². The highest BCUT2D eigenvalue weighted by Gasteiger charge is 2.31. The van der Waals surface area contributed by atoms with Crippen molar-refractivity contribution in [3.8, 4) is 0 Å². The molecule has 0 radical (unpaired) electrons. The fourth-order valence-electron chi connectivity index (χ4n) is 4.55. The van der Waals surface area contributed by atoms with Crippen LogP contribution in [0.1, 0.15) is 74.4 Å². The molecule has 8 heteroatoms. The smallest absolute Gasteiger partial charge is 0.341 e. The summed E-state index contributed by atoms with van der Waals surface area (Å²) in [5.41, 5.74) is 4.10. The van der Waals surface area contributed by atoms with E-state index in [-0.39, 0.29) is 31.8 Å². The molecule has 1 N–H and O–H groups in total. The van der Waals surface area contributed by atoms with Gasteiger partial charge in [0.1, 0.15) is 5.00 Å². The van der Waals surface area contributed by atoms with Gasteiger partial charge in [0.2, 0.25) is 5.91 Å². The van der Waals surface area contributed by atoms with Gasteiger partial charge in [0.15, 0.2) is 12.4 Å². The van der Waals surface area contributed by atoms with E-state index in [9.17, 15) is 19.2 Å². The summed E-state index contributed by atoms with van der Waals surface area (Å²) in [6, 6.07) is 17.3. The number of rotatable bonds is 10. The first-order valence-electron chi connectivity index (χ1n) is 12.8. The molecule has 2 aromatic carbocycles. The number of hydrogen-bond donors (Lipinski definition) is 1. The minimum atomic E-state index is -0.637. The van der Waals surface area contributed by atoms with E-state index in [1.54, 1.807) is 19.1 Å². The molecule has 0 fully saturated rings. The molecular formula is C30H31NO6S. The van der Waals surface area contributed by atoms with Gasteiger partial charge in [-0.1, -0.05) is 60.2 Å². The third kappa shape index (κ3) is 6.75. The molecule has 0 spiro atoms. The van der Waals surface area contributed by atoms with E-state index in [1.807, 2.05) is 37.3 Å². The molecule has 1 atom stereocenters. The van der Waals surface area contributed by atoms with Gasteiger partial charge in [0, 0.05) is 16.9 Å². The van der Waals surface area contributed by atoms with Gasteiger partial charge in [-0.3, -0.25) is 14.4 Å². The van der Waals surface area contributed by atoms with Crippen molar-refractivity contribution in [2.75, 3.05) is 18.5 Å². The number of fused-ring (bicyclic) bond motifs is 1. The maximum Gasteiger partial charge on any atom is 0.341 e. The van der Waals surface area contributed by atoms with Crippen LogP contribution >= 0.6 is 11.3 Å². The second kappa shape index (κ2) is 12.6. The monoisotopic (exact) mass is 533 g/mol. The number of anilines is 1. The summed E-state index contributed by atoms with van der Waals surface area (Å²) >= 11 is 1.40. The van der Waals surface area contributed by atoms with Crippen molar-refractivity contribution < 1.29 is 28.7 Å². The van der Waals surface area contributed by atoms with E-state index in [0.717, 1.165) is 35.3 Å². The number of esters is 2. The number of hydrogen-bond acceptors (Lipinski definition) is 7. The van der Waals surface area contributed by atoms with Crippen molar-refractivity contribution >= 4 is 40.0 Å². The summed E-state index contributed by atoms with van der Waals surface area (Å²) in [5, 5.41) is 3.27. The van der Waals surface area contributed by atoms with Crippen molar-refractivity contribution in [2.24, 2.45) is 0 Å². The van der Waals surface area contributed by atoms with Crippen LogP contribution in [-0.4, -0.2) is 36.8 Å². The van der Waals surface area contributed by atoms with Crippen molar-refractivity contribution in [1.29, 1.82) is 0 Å². The second-order valence-electron chi connectivity index (χ2n) is 9.28. The van der Waals surface area contributed by atoms with Gasteiger partial charge in [-0.25, -0.2) is 4.79 Å². The van der Waals surface area contributed by atoms with E-state index in [1.165, 1.54) is 16.9 Å². The first kappa shape index (κ1) is 27.3. The molecule has 0 bridgehead atoms. The quantitative estimate of drug-likeness (QED) is 0.267. The molecular weight excluding hydrogens is 502 g/mol. The number of nitrogens with one attached hydrogen (secondary N) is 1. The Bertz CT molecular complexity index is 1310. The molecule has 0 unspecified atom stereocenters. The Kier molecular flexibility index (Phi) is 9.07. The maximum absolute atomic E-state index is 12.8. The Morgan fingerprint density at radius 1 is 0.974 bits per heavy atom. The number of amides is 1. The first-order valence-corrected chi connectivity index (χ1v) is 13.6. The van der Waals surface area contributed by atoms with Gasteiger partial charge < -0.3 is 14.8 Å². The van der Waals surface area contributed by atoms with Crippen LogP contribution < -0.4 is 5.32 Å². The zero-order chi connectivity index (χ0) is 27.1. The SMILES string of the molecule is CCOC(=O)c1c(NC(=O)CCC(=O)OCC(=O)c2ccc(C)cc2)sc2c1CC[C@@H](c1ccccc1)C2. The highest BCUT2D eigenvalue weighted by molar-refractivity contribution is 7.17. The van der Waals surface area contributed by atoms with Crippen LogP contribution in [0.4, 0.5) is 5.00 Å². The van der Waals surface area contributed by atoms with Crippen LogP contribution in [0.15, 0.2) is 54.6 Å². The van der Waals surface area contributed by atoms with E-state index in [2.05, 4.69) is 17.4 Å². The number of carbonyl (C=O) groups excluding carboxylic acids is 4. The number of carbonyl (C=O) groups is 4. The number of thiophene rings is 1. The molecule has 1 aromatic heterocycles. The van der Waals surface area contributed by atoms with Crippen molar-refractivity contribution in [1.82, 2.24) is 0 Å². The van der Waals surface area contributed by atoms with Crippen LogP contribution in [0.25, 0.3) is 0 Å². The van der Waals surface area contributed by atoms with Crippen LogP contribution in [0.3, 0.4) is 0 Å². The van der Waals surface area contributed by atoms with Gasteiger partial charge in [-0.2, -0.15) is 0 Å². The number of aryl methyl sites for hydroxylation is 1. The van der Waals surface area contributed by atoms with Gasteiger partial charge >= 0.3 is 11.9 Å². The Balaban J connectivity index is 1.36. The van der Waals surface area contributed by atoms with Crippen molar-refractivity contribution in [3.63, 3.8) is 0 Å². The van der Waals surface area contributed by atoms with E-state index in [4.69, 9.17) is 9.47 Å². The molecule has 1 heterocycles. The molecule has 3 aromatic rings. The van der Waals surface area contributed by atoms with Gasteiger partial charge in [0.05, 0.1) is 18.6 Å². The van der Waals surface area contributed by atoms with Gasteiger partial charge in [-0.15, -0.1) is 11.3 Å². The van der Waals surface area contributed by atoms with Gasteiger partial charge in [0.25, 0.3) is 0 Å². The Labute approximate surface area is 226 Å². The molecule has 7 nitrogen and oxygen atoms in total. The van der Waals surface area contributed by atoms with Crippen molar-refractivity contribution in [3.05, 3.63) is 87.3 Å². The standard InChI is InChI=1S/C30H31NO6S/c1-3-36-30(35)28-23-14-13-22(20-7-5-4-6-8-20)17-25(23)38-29(28)31-26(33)15-16-27(34)37-18-24(32)21-11-9-19(2)10-12-21/h4-12,22H,3,13-18H2,1-2H3,(H,31,33)/t22-/m1/s1. The number of ether oxygens (including phenoxy) is 2. The highest BCUT2D eigenvalue weighted by atomic mass is 32.1. The molecule has 0 aliphatic heterocycles. The first-order chi connectivity index (χ1) is 18.4. The molecule has 198 valence electrons. The molecule has 0 saturated heterocycles. The lowest BCUT2D eigenvalue weighted by Crippen LogP contribution is -2.19. The molecule has 1 aliphatic rings. The van der Waals surface area contributed by atoms with E-state index in [0.29, 0.717) is 22.0 Å². The van der Waals surface area contributed by atoms with E-state index < -0.39 is 17.8 Å². The summed E-state index contributed by atoms with van der Waals surface area (Å²) in [5.74, 6) is -1.45. The predicted octanol–water partition coefficient (Wildman–Crippen LogP) is 5.65. The molecule has 1 aliphatic carbocycles. The third-order valence-corrected chi connectivity index (χ3v) is 7.73. The molecule has 1 amide bonds. The lowest BCUT2D eigenvalue weighted by molar-refractivity contribution is -0.143. The topological polar surface area (TPSA) is 98.8 Å². The summed E-state index contributed by atoms with van der Waals surface area (Å²) in [7, 11) is 0. The highest BCUT2D eigenvalue weighted by Crippen LogP contribution is 2.42. The molecule has 4 rings (SSSR count).